The Bertz CT molecular complexity index is 472. The van der Waals surface area contributed by atoms with Crippen molar-refractivity contribution in [1.82, 2.24) is 10.3 Å². The highest BCUT2D eigenvalue weighted by atomic mass is 16.5. The van der Waals surface area contributed by atoms with Gasteiger partial charge in [0.15, 0.2) is 6.10 Å². The number of aromatic nitrogens is 1. The van der Waals surface area contributed by atoms with Gasteiger partial charge in [-0.3, -0.25) is 9.78 Å². The van der Waals surface area contributed by atoms with Gasteiger partial charge in [0.05, 0.1) is 6.61 Å². The zero-order chi connectivity index (χ0) is 15.3. The number of amides is 1. The van der Waals surface area contributed by atoms with Crippen LogP contribution in [0.25, 0.3) is 0 Å². The number of nitrogens with zero attached hydrogens (tertiary/aromatic N) is 1. The van der Waals surface area contributed by atoms with Crippen molar-refractivity contribution < 1.29 is 14.6 Å². The Balaban J connectivity index is 2.75. The third kappa shape index (κ3) is 4.49. The molecule has 0 aliphatic carbocycles. The predicted octanol–water partition coefficient (Wildman–Crippen LogP) is 1.95. The Hall–Kier alpha value is -1.62. The van der Waals surface area contributed by atoms with Crippen LogP contribution >= 0.6 is 0 Å². The monoisotopic (exact) mass is 280 g/mol. The van der Waals surface area contributed by atoms with Gasteiger partial charge >= 0.3 is 0 Å². The molecule has 112 valence electrons. The number of pyridine rings is 1. The largest absolute Gasteiger partial charge is 0.479 e. The minimum atomic E-state index is -0.643. The van der Waals surface area contributed by atoms with Crippen LogP contribution in [0.1, 0.15) is 45.5 Å². The van der Waals surface area contributed by atoms with Gasteiger partial charge in [0.2, 0.25) is 0 Å². The van der Waals surface area contributed by atoms with Crippen LogP contribution in [0, 0.1) is 6.92 Å². The fraction of sp³-hybridized carbons (Fsp3) is 0.600. The number of aliphatic hydroxyl groups is 1. The van der Waals surface area contributed by atoms with Crippen LogP contribution in [-0.2, 0) is 11.4 Å². The van der Waals surface area contributed by atoms with Crippen LogP contribution in [0.15, 0.2) is 12.1 Å². The molecule has 0 aliphatic heterocycles. The Morgan fingerprint density at radius 3 is 2.70 bits per heavy atom. The second-order valence-electron chi connectivity index (χ2n) is 5.54. The molecule has 0 radical (unpaired) electrons. The minimum absolute atomic E-state index is 0.179. The molecule has 0 aliphatic rings. The van der Waals surface area contributed by atoms with E-state index in [1.807, 2.05) is 27.7 Å². The Kier molecular flexibility index (Phi) is 5.51. The van der Waals surface area contributed by atoms with E-state index in [0.717, 1.165) is 12.1 Å². The van der Waals surface area contributed by atoms with Crippen molar-refractivity contribution in [3.8, 4) is 5.75 Å². The average Bonchev–Trinajstić information content (AvgIpc) is 2.40. The van der Waals surface area contributed by atoms with Crippen LogP contribution in [-0.4, -0.2) is 27.6 Å². The molecule has 1 rings (SSSR count). The molecular formula is C15H24N2O3. The zero-order valence-corrected chi connectivity index (χ0v) is 12.9. The number of aliphatic hydroxyl groups excluding tert-OH is 1. The number of hydrogen-bond donors (Lipinski definition) is 2. The normalized spacial score (nSPS) is 12.9. The van der Waals surface area contributed by atoms with Crippen LogP contribution in [0.2, 0.25) is 0 Å². The highest BCUT2D eigenvalue weighted by molar-refractivity contribution is 5.81. The van der Waals surface area contributed by atoms with Gasteiger partial charge in [-0.15, -0.1) is 0 Å². The maximum Gasteiger partial charge on any atom is 0.261 e. The second-order valence-corrected chi connectivity index (χ2v) is 5.54. The van der Waals surface area contributed by atoms with E-state index in [2.05, 4.69) is 10.3 Å². The summed E-state index contributed by atoms with van der Waals surface area (Å²) < 4.78 is 5.61. The number of nitrogens with one attached hydrogen (secondary N) is 1. The van der Waals surface area contributed by atoms with Gasteiger partial charge in [0.1, 0.15) is 11.4 Å². The average molecular weight is 280 g/mol. The van der Waals surface area contributed by atoms with Crippen LogP contribution in [0.4, 0.5) is 0 Å². The first kappa shape index (κ1) is 16.4. The Labute approximate surface area is 120 Å². The molecule has 0 bridgehead atoms. The summed E-state index contributed by atoms with van der Waals surface area (Å²) in [5, 5.41) is 12.2. The molecule has 20 heavy (non-hydrogen) atoms. The van der Waals surface area contributed by atoms with Gasteiger partial charge in [-0.25, -0.2) is 0 Å². The Morgan fingerprint density at radius 2 is 2.15 bits per heavy atom. The predicted molar refractivity (Wildman–Crippen MR) is 77.5 cm³/mol. The van der Waals surface area contributed by atoms with E-state index in [-0.39, 0.29) is 18.1 Å². The highest BCUT2D eigenvalue weighted by Crippen LogP contribution is 2.19. The van der Waals surface area contributed by atoms with Crippen LogP contribution < -0.4 is 10.1 Å². The summed E-state index contributed by atoms with van der Waals surface area (Å²) in [6, 6.07) is 3.51. The number of rotatable bonds is 6. The highest BCUT2D eigenvalue weighted by Gasteiger charge is 2.23. The number of carbonyl (C=O) groups is 1. The van der Waals surface area contributed by atoms with Crippen molar-refractivity contribution in [2.45, 2.75) is 59.3 Å². The molecule has 1 heterocycles. The lowest BCUT2D eigenvalue weighted by Gasteiger charge is -2.26. The quantitative estimate of drug-likeness (QED) is 0.835. The summed E-state index contributed by atoms with van der Waals surface area (Å²) >= 11 is 0. The standard InChI is InChI=1S/C15H24N2O3/c1-6-15(4,5)17-14(19)11(3)20-13-8-7-10(2)16-12(13)9-18/h7-8,11,18H,6,9H2,1-5H3,(H,17,19). The number of hydrogen-bond acceptors (Lipinski definition) is 4. The van der Waals surface area contributed by atoms with Crippen molar-refractivity contribution in [2.75, 3.05) is 0 Å². The molecule has 1 aromatic heterocycles. The number of carbonyl (C=O) groups excluding carboxylic acids is 1. The second kappa shape index (κ2) is 6.70. The fourth-order valence-corrected chi connectivity index (χ4v) is 1.59. The smallest absolute Gasteiger partial charge is 0.261 e. The summed E-state index contributed by atoms with van der Waals surface area (Å²) in [5.74, 6) is 0.261. The summed E-state index contributed by atoms with van der Waals surface area (Å²) in [6.45, 7) is 9.24. The first-order valence-electron chi connectivity index (χ1n) is 6.85. The fourth-order valence-electron chi connectivity index (χ4n) is 1.59. The summed E-state index contributed by atoms with van der Waals surface area (Å²) in [7, 11) is 0. The van der Waals surface area contributed by atoms with E-state index in [4.69, 9.17) is 4.74 Å². The SMILES string of the molecule is CCC(C)(C)NC(=O)C(C)Oc1ccc(C)nc1CO. The molecule has 1 amide bonds. The molecule has 1 atom stereocenters. The lowest BCUT2D eigenvalue weighted by atomic mass is 10.0. The maximum absolute atomic E-state index is 12.1. The van der Waals surface area contributed by atoms with E-state index < -0.39 is 6.10 Å². The van der Waals surface area contributed by atoms with E-state index in [1.165, 1.54) is 0 Å². The molecule has 0 fully saturated rings. The number of ether oxygens (including phenoxy) is 1. The summed E-state index contributed by atoms with van der Waals surface area (Å²) in [4.78, 5) is 16.3. The van der Waals surface area contributed by atoms with Gasteiger partial charge < -0.3 is 15.2 Å². The van der Waals surface area contributed by atoms with Crippen molar-refractivity contribution in [2.24, 2.45) is 0 Å². The van der Waals surface area contributed by atoms with Gasteiger partial charge in [0.25, 0.3) is 5.91 Å². The van der Waals surface area contributed by atoms with Crippen molar-refractivity contribution >= 4 is 5.91 Å². The van der Waals surface area contributed by atoms with E-state index in [0.29, 0.717) is 11.4 Å². The molecular weight excluding hydrogens is 256 g/mol. The molecule has 1 aromatic rings. The van der Waals surface area contributed by atoms with Gasteiger partial charge in [0, 0.05) is 11.2 Å². The van der Waals surface area contributed by atoms with Gasteiger partial charge in [-0.05, 0) is 46.2 Å². The molecule has 2 N–H and O–H groups in total. The van der Waals surface area contributed by atoms with Crippen molar-refractivity contribution in [3.05, 3.63) is 23.5 Å². The summed E-state index contributed by atoms with van der Waals surface area (Å²) in [6.07, 6.45) is 0.190. The minimum Gasteiger partial charge on any atom is -0.479 e. The molecule has 1 unspecified atom stereocenters. The molecule has 0 aromatic carbocycles. The molecule has 5 nitrogen and oxygen atoms in total. The maximum atomic E-state index is 12.1. The first-order valence-corrected chi connectivity index (χ1v) is 6.85. The molecule has 5 heteroatoms. The topological polar surface area (TPSA) is 71.5 Å². The first-order chi connectivity index (χ1) is 9.29. The van der Waals surface area contributed by atoms with Crippen molar-refractivity contribution in [1.29, 1.82) is 0 Å². The van der Waals surface area contributed by atoms with E-state index in [1.54, 1.807) is 19.1 Å². The third-order valence-corrected chi connectivity index (χ3v) is 3.24. The molecule has 0 saturated heterocycles. The molecule has 0 saturated carbocycles. The lowest BCUT2D eigenvalue weighted by molar-refractivity contribution is -0.129. The molecule has 0 spiro atoms. The lowest BCUT2D eigenvalue weighted by Crippen LogP contribution is -2.48. The van der Waals surface area contributed by atoms with E-state index in [9.17, 15) is 9.90 Å². The number of aryl methyl sites for hydroxylation is 1. The third-order valence-electron chi connectivity index (χ3n) is 3.24. The van der Waals surface area contributed by atoms with Crippen LogP contribution in [0.5, 0.6) is 5.75 Å². The van der Waals surface area contributed by atoms with E-state index >= 15 is 0 Å². The van der Waals surface area contributed by atoms with Gasteiger partial charge in [-0.2, -0.15) is 0 Å². The zero-order valence-electron chi connectivity index (χ0n) is 12.9. The van der Waals surface area contributed by atoms with Crippen molar-refractivity contribution in [3.63, 3.8) is 0 Å². The van der Waals surface area contributed by atoms with Crippen LogP contribution in [0.3, 0.4) is 0 Å². The summed E-state index contributed by atoms with van der Waals surface area (Å²) in [5.41, 5.74) is 0.977. The van der Waals surface area contributed by atoms with Gasteiger partial charge in [-0.1, -0.05) is 6.92 Å². The Morgan fingerprint density at radius 1 is 1.50 bits per heavy atom.